The van der Waals surface area contributed by atoms with Crippen molar-refractivity contribution in [2.45, 2.75) is 0 Å². The van der Waals surface area contributed by atoms with Gasteiger partial charge in [0.1, 0.15) is 6.67 Å². The van der Waals surface area contributed by atoms with Crippen LogP contribution < -0.4 is 5.32 Å². The Bertz CT molecular complexity index is 154. The van der Waals surface area contributed by atoms with Crippen LogP contribution in [0.5, 0.6) is 0 Å². The first-order valence-electron chi connectivity index (χ1n) is 3.44. The van der Waals surface area contributed by atoms with Crippen LogP contribution >= 0.6 is 0 Å². The van der Waals surface area contributed by atoms with Crippen LogP contribution in [0.4, 0.5) is 4.39 Å². The minimum absolute atomic E-state index is 0.148. The number of aliphatic hydroxyl groups is 1. The van der Waals surface area contributed by atoms with Crippen LogP contribution in [-0.2, 0) is 0 Å². The predicted octanol–water partition coefficient (Wildman–Crippen LogP) is 0.650. The molecule has 2 nitrogen and oxygen atoms in total. The largest absolute Gasteiger partial charge is 0.392 e. The number of likely N-dealkylation sites (N-methyl/N-ethyl adjacent to an activating group) is 1. The van der Waals surface area contributed by atoms with Crippen LogP contribution in [0.25, 0.3) is 0 Å². The number of hydrogen-bond donors (Lipinski definition) is 2. The number of alkyl halides is 1. The summed E-state index contributed by atoms with van der Waals surface area (Å²) < 4.78 is 12.0. The third-order valence-corrected chi connectivity index (χ3v) is 1.34. The topological polar surface area (TPSA) is 32.3 Å². The van der Waals surface area contributed by atoms with Gasteiger partial charge in [-0.3, -0.25) is 0 Å². The molecule has 0 radical (unpaired) electrons. The molecule has 0 aliphatic carbocycles. The number of nitrogens with one attached hydrogen (secondary N) is 1. The molecule has 11 heavy (non-hydrogen) atoms. The quantitative estimate of drug-likeness (QED) is 0.577. The summed E-state index contributed by atoms with van der Waals surface area (Å²) >= 11 is 0. The van der Waals surface area contributed by atoms with Crippen LogP contribution in [0, 0.1) is 0 Å². The Morgan fingerprint density at radius 1 is 1.73 bits per heavy atom. The van der Waals surface area contributed by atoms with Crippen molar-refractivity contribution in [3.63, 3.8) is 0 Å². The maximum absolute atomic E-state index is 12.0. The van der Waals surface area contributed by atoms with E-state index in [4.69, 9.17) is 5.11 Å². The van der Waals surface area contributed by atoms with Crippen molar-refractivity contribution in [2.24, 2.45) is 0 Å². The summed E-state index contributed by atoms with van der Waals surface area (Å²) in [4.78, 5) is 0. The summed E-state index contributed by atoms with van der Waals surface area (Å²) in [6, 6.07) is 0. The van der Waals surface area contributed by atoms with Gasteiger partial charge in [0.25, 0.3) is 0 Å². The average Bonchev–Trinajstić information content (AvgIpc) is 2.05. The zero-order valence-electron chi connectivity index (χ0n) is 6.73. The lowest BCUT2D eigenvalue weighted by molar-refractivity contribution is 0.331. The van der Waals surface area contributed by atoms with Crippen LogP contribution in [0.1, 0.15) is 0 Å². The molecule has 0 saturated carbocycles. The lowest BCUT2D eigenvalue weighted by Crippen LogP contribution is -2.07. The highest BCUT2D eigenvalue weighted by Gasteiger charge is 1.98. The van der Waals surface area contributed by atoms with Crippen LogP contribution in [0.2, 0.25) is 0 Å². The van der Waals surface area contributed by atoms with Crippen molar-refractivity contribution in [1.29, 1.82) is 0 Å². The molecule has 3 heteroatoms. The first-order valence-corrected chi connectivity index (χ1v) is 3.44. The zero-order chi connectivity index (χ0) is 8.69. The molecule has 0 aliphatic rings. The Morgan fingerprint density at radius 3 is 2.73 bits per heavy atom. The number of halogens is 1. The molecule has 0 unspecified atom stereocenters. The monoisotopic (exact) mass is 159 g/mol. The molecular weight excluding hydrogens is 145 g/mol. The van der Waals surface area contributed by atoms with Gasteiger partial charge in [0, 0.05) is 6.54 Å². The predicted molar refractivity (Wildman–Crippen MR) is 44.2 cm³/mol. The lowest BCUT2D eigenvalue weighted by atomic mass is 10.1. The van der Waals surface area contributed by atoms with Gasteiger partial charge in [0.15, 0.2) is 0 Å². The summed E-state index contributed by atoms with van der Waals surface area (Å²) in [5, 5.41) is 11.6. The third-order valence-electron chi connectivity index (χ3n) is 1.34. The molecule has 0 amide bonds. The molecule has 0 aliphatic heterocycles. The summed E-state index contributed by atoms with van der Waals surface area (Å²) in [6.45, 7) is 3.34. The van der Waals surface area contributed by atoms with Crippen molar-refractivity contribution >= 4 is 0 Å². The SMILES string of the molecule is C=C(CF)/C(=C\CNC)CO. The van der Waals surface area contributed by atoms with Gasteiger partial charge in [-0.1, -0.05) is 12.7 Å². The Morgan fingerprint density at radius 2 is 2.36 bits per heavy atom. The molecule has 0 spiro atoms. The number of rotatable bonds is 5. The third kappa shape index (κ3) is 3.91. The molecule has 64 valence electrons. The maximum atomic E-state index is 12.0. The van der Waals surface area contributed by atoms with Crippen LogP contribution in [0.15, 0.2) is 23.8 Å². The molecule has 0 aromatic rings. The molecule has 2 N–H and O–H groups in total. The molecule has 0 rings (SSSR count). The van der Waals surface area contributed by atoms with E-state index < -0.39 is 6.67 Å². The van der Waals surface area contributed by atoms with E-state index in [9.17, 15) is 4.39 Å². The molecule has 0 fully saturated rings. The highest BCUT2D eigenvalue weighted by molar-refractivity contribution is 5.29. The summed E-state index contributed by atoms with van der Waals surface area (Å²) in [5.41, 5.74) is 0.921. The van der Waals surface area contributed by atoms with Crippen LogP contribution in [-0.4, -0.2) is 32.0 Å². The Labute approximate surface area is 66.4 Å². The Hall–Kier alpha value is -0.670. The maximum Gasteiger partial charge on any atom is 0.114 e. The molecule has 0 atom stereocenters. The smallest absolute Gasteiger partial charge is 0.114 e. The first kappa shape index (κ1) is 10.3. The van der Waals surface area contributed by atoms with Gasteiger partial charge in [-0.05, 0) is 18.2 Å². The van der Waals surface area contributed by atoms with E-state index in [1.807, 2.05) is 0 Å². The molecule has 0 bridgehead atoms. The highest BCUT2D eigenvalue weighted by Crippen LogP contribution is 2.06. The summed E-state index contributed by atoms with van der Waals surface area (Å²) in [5.74, 6) is 0. The van der Waals surface area contributed by atoms with Gasteiger partial charge in [0.05, 0.1) is 6.61 Å². The highest BCUT2D eigenvalue weighted by atomic mass is 19.1. The van der Waals surface area contributed by atoms with Gasteiger partial charge in [-0.15, -0.1) is 0 Å². The van der Waals surface area contributed by atoms with E-state index in [0.717, 1.165) is 0 Å². The standard InChI is InChI=1S/C8H14FNO/c1-7(5-9)8(6-11)3-4-10-2/h3,10-11H,1,4-6H2,2H3/b8-3-. The van der Waals surface area contributed by atoms with Crippen molar-refractivity contribution in [2.75, 3.05) is 26.9 Å². The van der Waals surface area contributed by atoms with E-state index in [1.54, 1.807) is 13.1 Å². The van der Waals surface area contributed by atoms with Gasteiger partial charge in [-0.25, -0.2) is 4.39 Å². The number of hydrogen-bond acceptors (Lipinski definition) is 2. The molecular formula is C8H14FNO. The Kier molecular flexibility index (Phi) is 5.70. The fraction of sp³-hybridized carbons (Fsp3) is 0.500. The normalized spacial score (nSPS) is 11.7. The summed E-state index contributed by atoms with van der Waals surface area (Å²) in [6.07, 6.45) is 1.72. The molecule has 0 aromatic carbocycles. The second-order valence-corrected chi connectivity index (χ2v) is 2.18. The van der Waals surface area contributed by atoms with E-state index >= 15 is 0 Å². The van der Waals surface area contributed by atoms with Gasteiger partial charge >= 0.3 is 0 Å². The van der Waals surface area contributed by atoms with Crippen molar-refractivity contribution < 1.29 is 9.50 Å². The minimum Gasteiger partial charge on any atom is -0.392 e. The van der Waals surface area contributed by atoms with E-state index in [2.05, 4.69) is 11.9 Å². The van der Waals surface area contributed by atoms with Crippen LogP contribution in [0.3, 0.4) is 0 Å². The second-order valence-electron chi connectivity index (χ2n) is 2.18. The molecule has 0 heterocycles. The summed E-state index contributed by atoms with van der Waals surface area (Å²) in [7, 11) is 1.78. The van der Waals surface area contributed by atoms with Crippen molar-refractivity contribution in [3.8, 4) is 0 Å². The van der Waals surface area contributed by atoms with Crippen molar-refractivity contribution in [3.05, 3.63) is 23.8 Å². The molecule has 0 saturated heterocycles. The Balaban J connectivity index is 4.03. The fourth-order valence-corrected chi connectivity index (χ4v) is 0.632. The minimum atomic E-state index is -0.601. The van der Waals surface area contributed by atoms with E-state index in [0.29, 0.717) is 17.7 Å². The zero-order valence-corrected chi connectivity index (χ0v) is 6.73. The average molecular weight is 159 g/mol. The van der Waals surface area contributed by atoms with Crippen molar-refractivity contribution in [1.82, 2.24) is 5.32 Å². The first-order chi connectivity index (χ1) is 5.26. The van der Waals surface area contributed by atoms with Gasteiger partial charge < -0.3 is 10.4 Å². The molecule has 0 aromatic heterocycles. The van der Waals surface area contributed by atoms with Gasteiger partial charge in [-0.2, -0.15) is 0 Å². The lowest BCUT2D eigenvalue weighted by Gasteiger charge is -2.03. The number of aliphatic hydroxyl groups excluding tert-OH is 1. The fourth-order valence-electron chi connectivity index (χ4n) is 0.632. The van der Waals surface area contributed by atoms with E-state index in [-0.39, 0.29) is 6.61 Å². The second kappa shape index (κ2) is 6.07. The van der Waals surface area contributed by atoms with E-state index in [1.165, 1.54) is 0 Å². The van der Waals surface area contributed by atoms with Gasteiger partial charge in [0.2, 0.25) is 0 Å².